The summed E-state index contributed by atoms with van der Waals surface area (Å²) in [4.78, 5) is 23.9. The van der Waals surface area contributed by atoms with Gasteiger partial charge in [-0.1, -0.05) is 48.0 Å². The zero-order valence-electron chi connectivity index (χ0n) is 14.6. The number of carbonyl (C=O) groups is 1. The zero-order valence-corrected chi connectivity index (χ0v) is 15.4. The summed E-state index contributed by atoms with van der Waals surface area (Å²) in [5.74, 6) is -0.284. The second-order valence-corrected chi connectivity index (χ2v) is 6.92. The number of nitro benzene ring substituents is 1. The summed E-state index contributed by atoms with van der Waals surface area (Å²) in [5.41, 5.74) is 1.93. The monoisotopic (exact) mass is 382 g/mol. The summed E-state index contributed by atoms with van der Waals surface area (Å²) < 4.78 is 5.38. The van der Waals surface area contributed by atoms with E-state index in [2.05, 4.69) is 5.32 Å². The lowest BCUT2D eigenvalue weighted by atomic mass is 10.0. The Hall–Kier alpha value is -3.19. The number of nitro groups is 1. The van der Waals surface area contributed by atoms with Gasteiger partial charge in [0.1, 0.15) is 0 Å². The van der Waals surface area contributed by atoms with Gasteiger partial charge in [0.15, 0.2) is 12.4 Å². The van der Waals surface area contributed by atoms with E-state index in [9.17, 15) is 14.9 Å². The summed E-state index contributed by atoms with van der Waals surface area (Å²) in [6, 6.07) is 17.5. The highest BCUT2D eigenvalue weighted by molar-refractivity contribution is 7.10. The van der Waals surface area contributed by atoms with Gasteiger partial charge in [-0.2, -0.15) is 0 Å². The van der Waals surface area contributed by atoms with E-state index in [1.54, 1.807) is 23.5 Å². The smallest absolute Gasteiger partial charge is 0.310 e. The quantitative estimate of drug-likeness (QED) is 0.489. The zero-order chi connectivity index (χ0) is 19.2. The van der Waals surface area contributed by atoms with Crippen molar-refractivity contribution in [3.8, 4) is 5.75 Å². The first kappa shape index (κ1) is 18.6. The number of hydrogen-bond acceptors (Lipinski definition) is 5. The summed E-state index contributed by atoms with van der Waals surface area (Å²) in [5, 5.41) is 15.9. The molecule has 3 rings (SSSR count). The summed E-state index contributed by atoms with van der Waals surface area (Å²) in [6.07, 6.45) is 0. The van der Waals surface area contributed by atoms with Crippen LogP contribution < -0.4 is 10.1 Å². The van der Waals surface area contributed by atoms with Crippen LogP contribution in [0.3, 0.4) is 0 Å². The first-order valence-electron chi connectivity index (χ1n) is 8.30. The number of rotatable bonds is 7. The second-order valence-electron chi connectivity index (χ2n) is 5.94. The van der Waals surface area contributed by atoms with Gasteiger partial charge in [0.25, 0.3) is 5.91 Å². The van der Waals surface area contributed by atoms with E-state index in [1.165, 1.54) is 12.1 Å². The predicted molar refractivity (Wildman–Crippen MR) is 104 cm³/mol. The highest BCUT2D eigenvalue weighted by atomic mass is 32.1. The third-order valence-corrected chi connectivity index (χ3v) is 4.90. The molecule has 0 unspecified atom stereocenters. The highest BCUT2D eigenvalue weighted by Gasteiger charge is 2.20. The fourth-order valence-electron chi connectivity index (χ4n) is 2.61. The molecule has 138 valence electrons. The van der Waals surface area contributed by atoms with Crippen LogP contribution in [0.2, 0.25) is 0 Å². The molecule has 27 heavy (non-hydrogen) atoms. The molecule has 0 radical (unpaired) electrons. The number of amides is 1. The van der Waals surface area contributed by atoms with Crippen molar-refractivity contribution >= 4 is 22.9 Å². The van der Waals surface area contributed by atoms with Gasteiger partial charge >= 0.3 is 5.69 Å². The van der Waals surface area contributed by atoms with E-state index in [4.69, 9.17) is 4.74 Å². The number of para-hydroxylation sites is 2. The summed E-state index contributed by atoms with van der Waals surface area (Å²) in [7, 11) is 0. The lowest BCUT2D eigenvalue weighted by molar-refractivity contribution is -0.385. The number of aryl methyl sites for hydroxylation is 1. The lowest BCUT2D eigenvalue weighted by Gasteiger charge is -2.18. The molecular weight excluding hydrogens is 364 g/mol. The van der Waals surface area contributed by atoms with Gasteiger partial charge in [-0.05, 0) is 30.0 Å². The van der Waals surface area contributed by atoms with Crippen LogP contribution in [0.5, 0.6) is 5.75 Å². The van der Waals surface area contributed by atoms with Gasteiger partial charge in [0.2, 0.25) is 0 Å². The molecule has 0 spiro atoms. The minimum absolute atomic E-state index is 0.0701. The van der Waals surface area contributed by atoms with E-state index in [1.807, 2.05) is 48.7 Å². The Balaban J connectivity index is 1.72. The van der Waals surface area contributed by atoms with Gasteiger partial charge in [0, 0.05) is 10.9 Å². The van der Waals surface area contributed by atoms with Gasteiger partial charge < -0.3 is 10.1 Å². The Morgan fingerprint density at radius 2 is 1.89 bits per heavy atom. The Morgan fingerprint density at radius 1 is 1.15 bits per heavy atom. The molecule has 1 aromatic heterocycles. The van der Waals surface area contributed by atoms with E-state index in [0.717, 1.165) is 16.0 Å². The number of benzene rings is 2. The number of carbonyl (C=O) groups excluding carboxylic acids is 1. The second kappa shape index (κ2) is 8.46. The fraction of sp³-hybridized carbons (Fsp3) is 0.150. The summed E-state index contributed by atoms with van der Waals surface area (Å²) >= 11 is 1.55. The van der Waals surface area contributed by atoms with Crippen molar-refractivity contribution in [1.82, 2.24) is 5.32 Å². The van der Waals surface area contributed by atoms with Crippen LogP contribution in [0.25, 0.3) is 0 Å². The van der Waals surface area contributed by atoms with E-state index in [-0.39, 0.29) is 30.0 Å². The van der Waals surface area contributed by atoms with Crippen molar-refractivity contribution in [2.45, 2.75) is 13.0 Å². The van der Waals surface area contributed by atoms with Crippen molar-refractivity contribution in [2.24, 2.45) is 0 Å². The number of nitrogens with zero attached hydrogens (tertiary/aromatic N) is 1. The molecule has 0 saturated heterocycles. The molecule has 0 saturated carbocycles. The molecule has 6 nitrogen and oxygen atoms in total. The molecule has 7 heteroatoms. The maximum atomic E-state index is 12.4. The summed E-state index contributed by atoms with van der Waals surface area (Å²) in [6.45, 7) is 1.70. The molecule has 0 fully saturated rings. The maximum Gasteiger partial charge on any atom is 0.310 e. The molecule has 0 aliphatic rings. The normalized spacial score (nSPS) is 11.6. The minimum Gasteiger partial charge on any atom is -0.477 e. The topological polar surface area (TPSA) is 81.5 Å². The van der Waals surface area contributed by atoms with Crippen molar-refractivity contribution in [3.63, 3.8) is 0 Å². The van der Waals surface area contributed by atoms with E-state index in [0.29, 0.717) is 0 Å². The van der Waals surface area contributed by atoms with E-state index < -0.39 is 4.92 Å². The van der Waals surface area contributed by atoms with Gasteiger partial charge in [-0.15, -0.1) is 11.3 Å². The number of ether oxygens (including phenoxy) is 1. The largest absolute Gasteiger partial charge is 0.477 e. The van der Waals surface area contributed by atoms with Crippen molar-refractivity contribution in [1.29, 1.82) is 0 Å². The molecule has 0 bridgehead atoms. The average molecular weight is 382 g/mol. The maximum absolute atomic E-state index is 12.4. The van der Waals surface area contributed by atoms with Crippen molar-refractivity contribution in [2.75, 3.05) is 6.61 Å². The Morgan fingerprint density at radius 3 is 2.56 bits per heavy atom. The molecule has 1 N–H and O–H groups in total. The number of thiophene rings is 1. The van der Waals surface area contributed by atoms with Crippen LogP contribution in [-0.4, -0.2) is 17.4 Å². The van der Waals surface area contributed by atoms with Crippen LogP contribution >= 0.6 is 11.3 Å². The number of hydrogen-bond donors (Lipinski definition) is 1. The third-order valence-electron chi connectivity index (χ3n) is 3.96. The number of nitrogens with one attached hydrogen (secondary N) is 1. The predicted octanol–water partition coefficient (Wildman–Crippen LogP) is 4.25. The third kappa shape index (κ3) is 4.71. The van der Waals surface area contributed by atoms with Crippen LogP contribution in [0.1, 0.15) is 22.0 Å². The first-order valence-corrected chi connectivity index (χ1v) is 9.18. The average Bonchev–Trinajstić information content (AvgIpc) is 3.20. The van der Waals surface area contributed by atoms with Crippen LogP contribution in [-0.2, 0) is 4.79 Å². The Kier molecular flexibility index (Phi) is 5.83. The molecule has 1 amide bonds. The molecule has 0 aliphatic carbocycles. The van der Waals surface area contributed by atoms with Crippen molar-refractivity contribution in [3.05, 3.63) is 92.2 Å². The molecule has 2 aromatic carbocycles. The molecule has 0 aliphatic heterocycles. The fourth-order valence-corrected chi connectivity index (χ4v) is 3.41. The molecule has 3 aromatic rings. The highest BCUT2D eigenvalue weighted by Crippen LogP contribution is 2.27. The van der Waals surface area contributed by atoms with E-state index >= 15 is 0 Å². The van der Waals surface area contributed by atoms with Crippen LogP contribution in [0.4, 0.5) is 5.69 Å². The minimum atomic E-state index is -0.534. The molecular formula is C20H18N2O4S. The van der Waals surface area contributed by atoms with Gasteiger partial charge in [0.05, 0.1) is 11.0 Å². The van der Waals surface area contributed by atoms with Crippen molar-refractivity contribution < 1.29 is 14.5 Å². The molecule has 1 atom stereocenters. The van der Waals surface area contributed by atoms with Gasteiger partial charge in [-0.25, -0.2) is 0 Å². The SMILES string of the molecule is Cc1ccc([C@H](NC(=O)COc2ccccc2[N+](=O)[O-])c2cccs2)cc1. The van der Waals surface area contributed by atoms with Gasteiger partial charge in [-0.3, -0.25) is 14.9 Å². The standard InChI is InChI=1S/C20H18N2O4S/c1-14-8-10-15(11-9-14)20(18-7-4-12-27-18)21-19(23)13-26-17-6-3-2-5-16(17)22(24)25/h2-12,20H,13H2,1H3,(H,21,23)/t20-/m0/s1. The molecule has 1 heterocycles. The van der Waals surface area contributed by atoms with Crippen LogP contribution in [0, 0.1) is 17.0 Å². The Bertz CT molecular complexity index is 923. The Labute approximate surface area is 160 Å². The van der Waals surface area contributed by atoms with Crippen LogP contribution in [0.15, 0.2) is 66.0 Å². The first-order chi connectivity index (χ1) is 13.0. The lowest BCUT2D eigenvalue weighted by Crippen LogP contribution is -2.33.